The first-order valence-electron chi connectivity index (χ1n) is 5.18. The van der Waals surface area contributed by atoms with Gasteiger partial charge in [0.15, 0.2) is 0 Å². The van der Waals surface area contributed by atoms with E-state index in [1.165, 1.54) is 0 Å². The zero-order valence-electron chi connectivity index (χ0n) is 9.27. The van der Waals surface area contributed by atoms with Gasteiger partial charge < -0.3 is 10.0 Å². The Morgan fingerprint density at radius 3 is 2.33 bits per heavy atom. The van der Waals surface area contributed by atoms with Crippen molar-refractivity contribution >= 4 is 11.9 Å². The van der Waals surface area contributed by atoms with E-state index in [1.54, 1.807) is 18.9 Å². The SMILES string of the molecule is CC(=O)N(C)C1CCN(CC(=O)O)CC1. The topological polar surface area (TPSA) is 60.9 Å². The summed E-state index contributed by atoms with van der Waals surface area (Å²) in [6.07, 6.45) is 1.73. The van der Waals surface area contributed by atoms with Gasteiger partial charge in [-0.3, -0.25) is 14.5 Å². The lowest BCUT2D eigenvalue weighted by Gasteiger charge is -2.35. The largest absolute Gasteiger partial charge is 0.480 e. The number of carbonyl (C=O) groups is 2. The molecule has 0 unspecified atom stereocenters. The summed E-state index contributed by atoms with van der Waals surface area (Å²) >= 11 is 0. The Hall–Kier alpha value is -1.10. The third kappa shape index (κ3) is 3.51. The van der Waals surface area contributed by atoms with E-state index in [0.717, 1.165) is 25.9 Å². The van der Waals surface area contributed by atoms with Crippen molar-refractivity contribution in [2.24, 2.45) is 0 Å². The Morgan fingerprint density at radius 1 is 1.40 bits per heavy atom. The van der Waals surface area contributed by atoms with Crippen molar-refractivity contribution in [1.29, 1.82) is 0 Å². The Morgan fingerprint density at radius 2 is 1.93 bits per heavy atom. The number of hydrogen-bond donors (Lipinski definition) is 1. The molecule has 0 aliphatic carbocycles. The van der Waals surface area contributed by atoms with Crippen LogP contribution in [0.5, 0.6) is 0 Å². The summed E-state index contributed by atoms with van der Waals surface area (Å²) in [5.74, 6) is -0.708. The van der Waals surface area contributed by atoms with E-state index in [-0.39, 0.29) is 18.5 Å². The molecule has 0 atom stereocenters. The van der Waals surface area contributed by atoms with Crippen LogP contribution in [-0.4, -0.2) is 59.5 Å². The van der Waals surface area contributed by atoms with Gasteiger partial charge in [-0.25, -0.2) is 0 Å². The summed E-state index contributed by atoms with van der Waals surface area (Å²) in [5, 5.41) is 8.62. The Kier molecular flexibility index (Phi) is 4.08. The highest BCUT2D eigenvalue weighted by molar-refractivity contribution is 5.73. The minimum atomic E-state index is -0.784. The van der Waals surface area contributed by atoms with Crippen LogP contribution in [0, 0.1) is 0 Å². The number of nitrogens with zero attached hydrogens (tertiary/aromatic N) is 2. The van der Waals surface area contributed by atoms with Gasteiger partial charge in [0.2, 0.25) is 5.91 Å². The molecule has 0 radical (unpaired) electrons. The second-order valence-electron chi connectivity index (χ2n) is 4.03. The molecule has 1 saturated heterocycles. The molecule has 0 saturated carbocycles. The predicted molar refractivity (Wildman–Crippen MR) is 55.5 cm³/mol. The van der Waals surface area contributed by atoms with Crippen LogP contribution in [0.3, 0.4) is 0 Å². The van der Waals surface area contributed by atoms with Gasteiger partial charge in [0.05, 0.1) is 6.54 Å². The van der Waals surface area contributed by atoms with Crippen molar-refractivity contribution < 1.29 is 14.7 Å². The highest BCUT2D eigenvalue weighted by Crippen LogP contribution is 2.14. The Balaban J connectivity index is 2.35. The highest BCUT2D eigenvalue weighted by Gasteiger charge is 2.24. The molecule has 1 aliphatic rings. The van der Waals surface area contributed by atoms with Crippen LogP contribution in [0.2, 0.25) is 0 Å². The summed E-state index contributed by atoms with van der Waals surface area (Å²) in [4.78, 5) is 25.3. The predicted octanol–water partition coefficient (Wildman–Crippen LogP) is 0.0137. The van der Waals surface area contributed by atoms with Crippen LogP contribution in [-0.2, 0) is 9.59 Å². The molecule has 0 bridgehead atoms. The van der Waals surface area contributed by atoms with Crippen LogP contribution in [0.25, 0.3) is 0 Å². The number of carboxylic acids is 1. The van der Waals surface area contributed by atoms with Crippen LogP contribution >= 0.6 is 0 Å². The number of rotatable bonds is 3. The molecule has 5 heteroatoms. The van der Waals surface area contributed by atoms with Crippen LogP contribution in [0.4, 0.5) is 0 Å². The molecule has 86 valence electrons. The van der Waals surface area contributed by atoms with E-state index in [1.807, 2.05) is 4.90 Å². The number of amides is 1. The number of hydrogen-bond acceptors (Lipinski definition) is 3. The summed E-state index contributed by atoms with van der Waals surface area (Å²) in [6.45, 7) is 3.18. The van der Waals surface area contributed by atoms with E-state index >= 15 is 0 Å². The normalized spacial score (nSPS) is 18.8. The van der Waals surface area contributed by atoms with Crippen LogP contribution < -0.4 is 0 Å². The van der Waals surface area contributed by atoms with Gasteiger partial charge in [-0.2, -0.15) is 0 Å². The molecular formula is C10H18N2O3. The van der Waals surface area contributed by atoms with Crippen molar-refractivity contribution in [1.82, 2.24) is 9.80 Å². The van der Waals surface area contributed by atoms with Gasteiger partial charge in [0.25, 0.3) is 0 Å². The minimum absolute atomic E-state index is 0.0756. The number of carbonyl (C=O) groups excluding carboxylic acids is 1. The molecule has 15 heavy (non-hydrogen) atoms. The lowest BCUT2D eigenvalue weighted by atomic mass is 10.0. The number of piperidine rings is 1. The van der Waals surface area contributed by atoms with Gasteiger partial charge >= 0.3 is 5.97 Å². The molecule has 1 fully saturated rings. The van der Waals surface area contributed by atoms with Crippen molar-refractivity contribution in [2.75, 3.05) is 26.7 Å². The third-order valence-electron chi connectivity index (χ3n) is 2.96. The summed E-state index contributed by atoms with van der Waals surface area (Å²) in [7, 11) is 1.81. The quantitative estimate of drug-likeness (QED) is 0.719. The van der Waals surface area contributed by atoms with Crippen molar-refractivity contribution in [3.05, 3.63) is 0 Å². The Labute approximate surface area is 89.7 Å². The summed E-state index contributed by atoms with van der Waals surface area (Å²) in [5.41, 5.74) is 0. The summed E-state index contributed by atoms with van der Waals surface area (Å²) in [6, 6.07) is 0.271. The second-order valence-corrected chi connectivity index (χ2v) is 4.03. The van der Waals surface area contributed by atoms with E-state index < -0.39 is 5.97 Å². The third-order valence-corrected chi connectivity index (χ3v) is 2.96. The highest BCUT2D eigenvalue weighted by atomic mass is 16.4. The summed E-state index contributed by atoms with van der Waals surface area (Å²) < 4.78 is 0. The van der Waals surface area contributed by atoms with Crippen molar-refractivity contribution in [3.63, 3.8) is 0 Å². The number of likely N-dealkylation sites (tertiary alicyclic amines) is 1. The van der Waals surface area contributed by atoms with Gasteiger partial charge in [0, 0.05) is 33.1 Å². The molecule has 1 amide bonds. The fourth-order valence-corrected chi connectivity index (χ4v) is 1.91. The molecule has 0 spiro atoms. The lowest BCUT2D eigenvalue weighted by Crippen LogP contribution is -2.46. The molecule has 0 aromatic heterocycles. The smallest absolute Gasteiger partial charge is 0.317 e. The van der Waals surface area contributed by atoms with E-state index in [0.29, 0.717) is 0 Å². The molecule has 5 nitrogen and oxygen atoms in total. The van der Waals surface area contributed by atoms with E-state index in [4.69, 9.17) is 5.11 Å². The van der Waals surface area contributed by atoms with Gasteiger partial charge in [-0.15, -0.1) is 0 Å². The van der Waals surface area contributed by atoms with Crippen molar-refractivity contribution in [3.8, 4) is 0 Å². The zero-order valence-corrected chi connectivity index (χ0v) is 9.27. The van der Waals surface area contributed by atoms with E-state index in [9.17, 15) is 9.59 Å². The first kappa shape index (κ1) is 12.0. The maximum atomic E-state index is 11.1. The van der Waals surface area contributed by atoms with Crippen LogP contribution in [0.1, 0.15) is 19.8 Å². The molecule has 1 aliphatic heterocycles. The first-order chi connectivity index (χ1) is 7.00. The zero-order chi connectivity index (χ0) is 11.4. The van der Waals surface area contributed by atoms with E-state index in [2.05, 4.69) is 0 Å². The second kappa shape index (κ2) is 5.11. The molecule has 0 aromatic carbocycles. The first-order valence-corrected chi connectivity index (χ1v) is 5.18. The minimum Gasteiger partial charge on any atom is -0.480 e. The van der Waals surface area contributed by atoms with Crippen molar-refractivity contribution in [2.45, 2.75) is 25.8 Å². The molecule has 1 rings (SSSR count). The van der Waals surface area contributed by atoms with Gasteiger partial charge in [0.1, 0.15) is 0 Å². The number of carboxylic acid groups (broad SMARTS) is 1. The average molecular weight is 214 g/mol. The average Bonchev–Trinajstić information content (AvgIpc) is 2.17. The fourth-order valence-electron chi connectivity index (χ4n) is 1.91. The molecule has 1 N–H and O–H groups in total. The molecule has 0 aromatic rings. The van der Waals surface area contributed by atoms with Gasteiger partial charge in [-0.05, 0) is 12.8 Å². The molecular weight excluding hydrogens is 196 g/mol. The standard InChI is InChI=1S/C10H18N2O3/c1-8(13)11(2)9-3-5-12(6-4-9)7-10(14)15/h9H,3-7H2,1-2H3,(H,14,15). The fraction of sp³-hybridized carbons (Fsp3) is 0.800. The van der Waals surface area contributed by atoms with Crippen LogP contribution in [0.15, 0.2) is 0 Å². The number of aliphatic carboxylic acids is 1. The lowest BCUT2D eigenvalue weighted by molar-refractivity contribution is -0.139. The Bertz CT molecular complexity index is 247. The maximum Gasteiger partial charge on any atom is 0.317 e. The maximum absolute atomic E-state index is 11.1. The van der Waals surface area contributed by atoms with Gasteiger partial charge in [-0.1, -0.05) is 0 Å². The monoisotopic (exact) mass is 214 g/mol. The molecule has 1 heterocycles.